The van der Waals surface area contributed by atoms with Crippen molar-refractivity contribution in [2.75, 3.05) is 19.6 Å². The van der Waals surface area contributed by atoms with Gasteiger partial charge < -0.3 is 10.2 Å². The van der Waals surface area contributed by atoms with E-state index in [1.807, 2.05) is 43.0 Å². The molecule has 3 aromatic rings. The minimum atomic E-state index is -0.409. The summed E-state index contributed by atoms with van der Waals surface area (Å²) in [6.07, 6.45) is 0.857. The molecule has 4 nitrogen and oxygen atoms in total. The Balaban J connectivity index is 1.60. The fourth-order valence-corrected chi connectivity index (χ4v) is 5.52. The number of nitrogens with zero attached hydrogens (tertiary/aromatic N) is 1. The first kappa shape index (κ1) is 21.5. The van der Waals surface area contributed by atoms with Crippen molar-refractivity contribution in [3.05, 3.63) is 70.4 Å². The molecule has 162 valence electrons. The van der Waals surface area contributed by atoms with Crippen LogP contribution in [0.4, 0.5) is 4.39 Å². The maximum Gasteiger partial charge on any atom is 0.261 e. The highest BCUT2D eigenvalue weighted by Gasteiger charge is 2.32. The van der Waals surface area contributed by atoms with Gasteiger partial charge in [-0.05, 0) is 41.1 Å². The van der Waals surface area contributed by atoms with Crippen molar-refractivity contribution in [3.63, 3.8) is 0 Å². The quantitative estimate of drug-likeness (QED) is 0.604. The highest BCUT2D eigenvalue weighted by atomic mass is 32.1. The molecule has 0 spiro atoms. The first-order valence-electron chi connectivity index (χ1n) is 10.6. The largest absolute Gasteiger partial charge is 0.350 e. The zero-order valence-corrected chi connectivity index (χ0v) is 18.9. The second-order valence-electron chi connectivity index (χ2n) is 8.87. The predicted octanol–water partition coefficient (Wildman–Crippen LogP) is 5.08. The number of carbonyl (C=O) groups excluding carboxylic acids is 2. The van der Waals surface area contributed by atoms with E-state index in [0.717, 1.165) is 34.2 Å². The maximum absolute atomic E-state index is 13.7. The first-order valence-corrected chi connectivity index (χ1v) is 11.4. The minimum Gasteiger partial charge on any atom is -0.350 e. The number of hydrogen-bond acceptors (Lipinski definition) is 3. The molecule has 4 rings (SSSR count). The Labute approximate surface area is 186 Å². The van der Waals surface area contributed by atoms with Crippen LogP contribution in [0.3, 0.4) is 0 Å². The van der Waals surface area contributed by atoms with Gasteiger partial charge in [0.15, 0.2) is 0 Å². The number of hydrogen-bond donors (Lipinski definition) is 1. The number of carbonyl (C=O) groups is 2. The van der Waals surface area contributed by atoms with E-state index in [9.17, 15) is 14.0 Å². The lowest BCUT2D eigenvalue weighted by molar-refractivity contribution is -0.127. The SMILES string of the molecule is CC(=O)N1CC[C@@H](c2c(C(=O)NCC(C)(C)c3cccc(F)c3)sc3ccccc23)C1. The van der Waals surface area contributed by atoms with E-state index >= 15 is 0 Å². The van der Waals surface area contributed by atoms with E-state index < -0.39 is 5.41 Å². The van der Waals surface area contributed by atoms with Gasteiger partial charge in [0.05, 0.1) is 4.88 Å². The summed E-state index contributed by atoms with van der Waals surface area (Å²) in [4.78, 5) is 27.7. The Morgan fingerprint density at radius 2 is 1.97 bits per heavy atom. The third kappa shape index (κ3) is 4.35. The van der Waals surface area contributed by atoms with Crippen LogP contribution in [0.2, 0.25) is 0 Å². The van der Waals surface area contributed by atoms with E-state index in [-0.39, 0.29) is 23.5 Å². The fourth-order valence-electron chi connectivity index (χ4n) is 4.31. The van der Waals surface area contributed by atoms with Crippen LogP contribution < -0.4 is 5.32 Å². The van der Waals surface area contributed by atoms with E-state index in [2.05, 4.69) is 11.4 Å². The van der Waals surface area contributed by atoms with Gasteiger partial charge in [0.1, 0.15) is 5.82 Å². The van der Waals surface area contributed by atoms with Crippen molar-refractivity contribution in [3.8, 4) is 0 Å². The average Bonchev–Trinajstić information content (AvgIpc) is 3.37. The molecular formula is C25H27FN2O2S. The van der Waals surface area contributed by atoms with Gasteiger partial charge in [-0.1, -0.05) is 44.2 Å². The number of benzene rings is 2. The fraction of sp³-hybridized carbons (Fsp3) is 0.360. The topological polar surface area (TPSA) is 49.4 Å². The van der Waals surface area contributed by atoms with E-state index in [1.165, 1.54) is 23.5 Å². The van der Waals surface area contributed by atoms with Gasteiger partial charge in [0.2, 0.25) is 5.91 Å². The van der Waals surface area contributed by atoms with Crippen LogP contribution in [0.1, 0.15) is 53.9 Å². The van der Waals surface area contributed by atoms with E-state index in [0.29, 0.717) is 18.0 Å². The first-order chi connectivity index (χ1) is 14.8. The monoisotopic (exact) mass is 438 g/mol. The molecule has 1 N–H and O–H groups in total. The van der Waals surface area contributed by atoms with Crippen LogP contribution in [0, 0.1) is 5.82 Å². The summed E-state index contributed by atoms with van der Waals surface area (Å²) >= 11 is 1.50. The van der Waals surface area contributed by atoms with Gasteiger partial charge in [-0.2, -0.15) is 0 Å². The normalized spacial score (nSPS) is 16.6. The van der Waals surface area contributed by atoms with Gasteiger partial charge >= 0.3 is 0 Å². The van der Waals surface area contributed by atoms with Crippen molar-refractivity contribution in [2.45, 2.75) is 38.5 Å². The van der Waals surface area contributed by atoms with Crippen molar-refractivity contribution in [1.82, 2.24) is 10.2 Å². The lowest BCUT2D eigenvalue weighted by atomic mass is 9.84. The molecule has 1 atom stereocenters. The minimum absolute atomic E-state index is 0.0740. The lowest BCUT2D eigenvalue weighted by Gasteiger charge is -2.26. The Morgan fingerprint density at radius 3 is 2.68 bits per heavy atom. The Kier molecular flexibility index (Phi) is 5.84. The van der Waals surface area contributed by atoms with Crippen molar-refractivity contribution in [1.29, 1.82) is 0 Å². The zero-order chi connectivity index (χ0) is 22.2. The van der Waals surface area contributed by atoms with Crippen LogP contribution in [-0.4, -0.2) is 36.3 Å². The second kappa shape index (κ2) is 8.42. The molecule has 1 aliphatic rings. The second-order valence-corrected chi connectivity index (χ2v) is 9.92. The highest BCUT2D eigenvalue weighted by Crippen LogP contribution is 2.40. The molecule has 1 fully saturated rings. The third-order valence-corrected chi connectivity index (χ3v) is 7.36. The lowest BCUT2D eigenvalue weighted by Crippen LogP contribution is -2.36. The number of thiophene rings is 1. The summed E-state index contributed by atoms with van der Waals surface area (Å²) in [6.45, 7) is 7.34. The van der Waals surface area contributed by atoms with Gasteiger partial charge in [-0.15, -0.1) is 11.3 Å². The molecule has 2 heterocycles. The highest BCUT2D eigenvalue weighted by molar-refractivity contribution is 7.21. The molecule has 0 bridgehead atoms. The van der Waals surface area contributed by atoms with Gasteiger partial charge in [0, 0.05) is 42.6 Å². The smallest absolute Gasteiger partial charge is 0.261 e. The molecular weight excluding hydrogens is 411 g/mol. The number of fused-ring (bicyclic) bond motifs is 1. The maximum atomic E-state index is 13.7. The van der Waals surface area contributed by atoms with Gasteiger partial charge in [-0.3, -0.25) is 9.59 Å². The Hall–Kier alpha value is -2.73. The molecule has 2 amide bonds. The third-order valence-electron chi connectivity index (χ3n) is 6.18. The average molecular weight is 439 g/mol. The number of nitrogens with one attached hydrogen (secondary N) is 1. The van der Waals surface area contributed by atoms with Crippen LogP contribution in [0.15, 0.2) is 48.5 Å². The molecule has 1 aliphatic heterocycles. The number of halogens is 1. The molecule has 0 radical (unpaired) electrons. The Morgan fingerprint density at radius 1 is 1.19 bits per heavy atom. The molecule has 0 saturated carbocycles. The zero-order valence-electron chi connectivity index (χ0n) is 18.1. The number of rotatable bonds is 5. The number of amides is 2. The molecule has 0 unspecified atom stereocenters. The van der Waals surface area contributed by atoms with Crippen LogP contribution in [0.5, 0.6) is 0 Å². The Bertz CT molecular complexity index is 1140. The molecule has 1 saturated heterocycles. The molecule has 2 aromatic carbocycles. The number of likely N-dealkylation sites (tertiary alicyclic amines) is 1. The predicted molar refractivity (Wildman–Crippen MR) is 123 cm³/mol. The summed E-state index contributed by atoms with van der Waals surface area (Å²) in [5, 5.41) is 4.18. The summed E-state index contributed by atoms with van der Waals surface area (Å²) in [6, 6.07) is 14.6. The van der Waals surface area contributed by atoms with E-state index in [1.54, 1.807) is 13.0 Å². The standard InChI is InChI=1S/C25H27FN2O2S/c1-16(29)28-12-11-17(14-28)22-20-9-4-5-10-21(20)31-23(22)24(30)27-15-25(2,3)18-7-6-8-19(26)13-18/h4-10,13,17H,11-12,14-15H2,1-3H3,(H,27,30)/t17-/m1/s1. The molecule has 0 aliphatic carbocycles. The van der Waals surface area contributed by atoms with Crippen LogP contribution in [-0.2, 0) is 10.2 Å². The molecule has 6 heteroatoms. The summed E-state index contributed by atoms with van der Waals surface area (Å²) < 4.78 is 14.8. The summed E-state index contributed by atoms with van der Waals surface area (Å²) in [7, 11) is 0. The van der Waals surface area contributed by atoms with Gasteiger partial charge in [0.25, 0.3) is 5.91 Å². The van der Waals surface area contributed by atoms with Gasteiger partial charge in [-0.25, -0.2) is 4.39 Å². The van der Waals surface area contributed by atoms with E-state index in [4.69, 9.17) is 0 Å². The molecule has 1 aromatic heterocycles. The van der Waals surface area contributed by atoms with Crippen molar-refractivity contribution < 1.29 is 14.0 Å². The summed E-state index contributed by atoms with van der Waals surface area (Å²) in [5.41, 5.74) is 1.48. The van der Waals surface area contributed by atoms with Crippen LogP contribution >= 0.6 is 11.3 Å². The van der Waals surface area contributed by atoms with Crippen LogP contribution in [0.25, 0.3) is 10.1 Å². The van der Waals surface area contributed by atoms with Crippen molar-refractivity contribution in [2.24, 2.45) is 0 Å². The summed E-state index contributed by atoms with van der Waals surface area (Å²) in [5.74, 6) is -0.163. The van der Waals surface area contributed by atoms with Crippen molar-refractivity contribution >= 4 is 33.2 Å². The molecule has 31 heavy (non-hydrogen) atoms.